The van der Waals surface area contributed by atoms with Crippen molar-refractivity contribution in [3.63, 3.8) is 0 Å². The summed E-state index contributed by atoms with van der Waals surface area (Å²) in [4.78, 5) is 26.9. The summed E-state index contributed by atoms with van der Waals surface area (Å²) in [5, 5.41) is 6.65. The van der Waals surface area contributed by atoms with Gasteiger partial charge in [-0.15, -0.1) is 5.10 Å². The zero-order chi connectivity index (χ0) is 17.1. The molecular formula is C16H17FN4O2S. The van der Waals surface area contributed by atoms with Crippen LogP contribution in [-0.4, -0.2) is 34.0 Å². The number of halogens is 1. The van der Waals surface area contributed by atoms with E-state index in [-0.39, 0.29) is 17.5 Å². The van der Waals surface area contributed by atoms with E-state index in [0.717, 1.165) is 11.5 Å². The Morgan fingerprint density at radius 2 is 2.25 bits per heavy atom. The molecule has 126 valence electrons. The molecule has 2 aromatic rings. The van der Waals surface area contributed by atoms with E-state index in [0.29, 0.717) is 36.4 Å². The third kappa shape index (κ3) is 3.14. The summed E-state index contributed by atoms with van der Waals surface area (Å²) in [5.74, 6) is -1.09. The Bertz CT molecular complexity index is 764. The second kappa shape index (κ2) is 7.04. The normalized spacial score (nSPS) is 17.8. The molecule has 2 amide bonds. The van der Waals surface area contributed by atoms with Gasteiger partial charge < -0.3 is 10.2 Å². The minimum atomic E-state index is -0.669. The SMILES string of the molecule is CCc1nnsc1C(=O)NC1CCCN(c2ccccc2F)C1=O. The zero-order valence-corrected chi connectivity index (χ0v) is 14.0. The van der Waals surface area contributed by atoms with Crippen molar-refractivity contribution in [3.8, 4) is 0 Å². The number of anilines is 1. The highest BCUT2D eigenvalue weighted by atomic mass is 32.1. The van der Waals surface area contributed by atoms with Crippen molar-refractivity contribution < 1.29 is 14.0 Å². The second-order valence-corrected chi connectivity index (χ2v) is 6.27. The number of amides is 2. The number of nitrogens with one attached hydrogen (secondary N) is 1. The van der Waals surface area contributed by atoms with E-state index in [9.17, 15) is 14.0 Å². The van der Waals surface area contributed by atoms with Gasteiger partial charge in [-0.1, -0.05) is 23.5 Å². The third-order valence-electron chi connectivity index (χ3n) is 3.98. The van der Waals surface area contributed by atoms with Gasteiger partial charge in [0.25, 0.3) is 5.91 Å². The highest BCUT2D eigenvalue weighted by molar-refractivity contribution is 7.08. The first-order chi connectivity index (χ1) is 11.6. The summed E-state index contributed by atoms with van der Waals surface area (Å²) in [6.45, 7) is 2.33. The quantitative estimate of drug-likeness (QED) is 0.919. The number of piperidine rings is 1. The molecule has 1 N–H and O–H groups in total. The summed E-state index contributed by atoms with van der Waals surface area (Å²) >= 11 is 1.01. The van der Waals surface area contributed by atoms with Gasteiger partial charge in [0.05, 0.1) is 11.4 Å². The molecule has 0 radical (unpaired) electrons. The predicted molar refractivity (Wildman–Crippen MR) is 88.5 cm³/mol. The number of aryl methyl sites for hydroxylation is 1. The van der Waals surface area contributed by atoms with Gasteiger partial charge in [-0.05, 0) is 42.9 Å². The van der Waals surface area contributed by atoms with Crippen LogP contribution in [0.3, 0.4) is 0 Å². The summed E-state index contributed by atoms with van der Waals surface area (Å²) < 4.78 is 17.7. The fourth-order valence-electron chi connectivity index (χ4n) is 2.76. The Morgan fingerprint density at radius 3 is 3.00 bits per heavy atom. The molecule has 1 aliphatic heterocycles. The maximum atomic E-state index is 14.0. The first kappa shape index (κ1) is 16.5. The molecule has 1 aromatic heterocycles. The van der Waals surface area contributed by atoms with Gasteiger partial charge in [0, 0.05) is 6.54 Å². The van der Waals surface area contributed by atoms with Crippen molar-refractivity contribution in [2.24, 2.45) is 0 Å². The average Bonchev–Trinajstić information content (AvgIpc) is 3.06. The number of carbonyl (C=O) groups is 2. The van der Waals surface area contributed by atoms with Crippen molar-refractivity contribution in [1.82, 2.24) is 14.9 Å². The number of aromatic nitrogens is 2. The minimum Gasteiger partial charge on any atom is -0.339 e. The molecule has 0 bridgehead atoms. The van der Waals surface area contributed by atoms with Crippen LogP contribution in [-0.2, 0) is 11.2 Å². The highest BCUT2D eigenvalue weighted by Gasteiger charge is 2.32. The van der Waals surface area contributed by atoms with Gasteiger partial charge in [0.15, 0.2) is 0 Å². The van der Waals surface area contributed by atoms with Crippen LogP contribution in [0.4, 0.5) is 10.1 Å². The molecule has 1 atom stereocenters. The summed E-state index contributed by atoms with van der Waals surface area (Å²) in [6, 6.07) is 5.48. The molecule has 3 rings (SSSR count). The Morgan fingerprint density at radius 1 is 1.46 bits per heavy atom. The molecule has 8 heteroatoms. The van der Waals surface area contributed by atoms with Crippen molar-refractivity contribution in [3.05, 3.63) is 40.7 Å². The number of carbonyl (C=O) groups excluding carboxylic acids is 2. The molecule has 1 aliphatic rings. The van der Waals surface area contributed by atoms with Crippen molar-refractivity contribution in [2.45, 2.75) is 32.2 Å². The molecule has 24 heavy (non-hydrogen) atoms. The van der Waals surface area contributed by atoms with E-state index in [1.54, 1.807) is 18.2 Å². The first-order valence-corrected chi connectivity index (χ1v) is 8.57. The Hall–Kier alpha value is -2.35. The number of hydrogen-bond acceptors (Lipinski definition) is 5. The second-order valence-electron chi connectivity index (χ2n) is 5.51. The molecule has 0 aliphatic carbocycles. The van der Waals surface area contributed by atoms with Crippen molar-refractivity contribution in [1.29, 1.82) is 0 Å². The fraction of sp³-hybridized carbons (Fsp3) is 0.375. The smallest absolute Gasteiger partial charge is 0.265 e. The molecular weight excluding hydrogens is 331 g/mol. The van der Waals surface area contributed by atoms with Crippen LogP contribution in [0, 0.1) is 5.82 Å². The summed E-state index contributed by atoms with van der Waals surface area (Å²) in [5.41, 5.74) is 0.863. The van der Waals surface area contributed by atoms with E-state index >= 15 is 0 Å². The van der Waals surface area contributed by atoms with Crippen LogP contribution in [0.25, 0.3) is 0 Å². The molecule has 6 nitrogen and oxygen atoms in total. The van der Waals surface area contributed by atoms with E-state index in [1.807, 2.05) is 6.92 Å². The first-order valence-electron chi connectivity index (χ1n) is 7.79. The minimum absolute atomic E-state index is 0.246. The molecule has 1 aromatic carbocycles. The lowest BCUT2D eigenvalue weighted by atomic mass is 10.0. The standard InChI is InChI=1S/C16H17FN4O2S/c1-2-11-14(24-20-19-11)15(22)18-12-7-5-9-21(16(12)23)13-8-4-3-6-10(13)17/h3-4,6,8,12H,2,5,7,9H2,1H3,(H,18,22). The predicted octanol–water partition coefficient (Wildman–Crippen LogP) is 2.17. The van der Waals surface area contributed by atoms with E-state index in [1.165, 1.54) is 11.0 Å². The van der Waals surface area contributed by atoms with E-state index in [2.05, 4.69) is 14.9 Å². The van der Waals surface area contributed by atoms with Crippen LogP contribution in [0.2, 0.25) is 0 Å². The van der Waals surface area contributed by atoms with Crippen LogP contribution >= 0.6 is 11.5 Å². The van der Waals surface area contributed by atoms with Crippen LogP contribution < -0.4 is 10.2 Å². The topological polar surface area (TPSA) is 75.2 Å². The molecule has 0 spiro atoms. The fourth-order valence-corrected chi connectivity index (χ4v) is 3.41. The number of nitrogens with zero attached hydrogens (tertiary/aromatic N) is 3. The highest BCUT2D eigenvalue weighted by Crippen LogP contribution is 2.24. The number of para-hydroxylation sites is 1. The summed E-state index contributed by atoms with van der Waals surface area (Å²) in [7, 11) is 0. The number of hydrogen-bond donors (Lipinski definition) is 1. The molecule has 1 unspecified atom stereocenters. The van der Waals surface area contributed by atoms with E-state index < -0.39 is 11.9 Å². The Labute approximate surface area is 142 Å². The molecule has 1 fully saturated rings. The molecule has 2 heterocycles. The average molecular weight is 348 g/mol. The lowest BCUT2D eigenvalue weighted by Gasteiger charge is -2.32. The van der Waals surface area contributed by atoms with Crippen LogP contribution in [0.5, 0.6) is 0 Å². The van der Waals surface area contributed by atoms with Crippen molar-refractivity contribution in [2.75, 3.05) is 11.4 Å². The maximum Gasteiger partial charge on any atom is 0.265 e. The lowest BCUT2D eigenvalue weighted by Crippen LogP contribution is -2.52. The van der Waals surface area contributed by atoms with Gasteiger partial charge >= 0.3 is 0 Å². The van der Waals surface area contributed by atoms with Crippen LogP contribution in [0.1, 0.15) is 35.1 Å². The molecule has 0 saturated carbocycles. The molecule has 1 saturated heterocycles. The number of rotatable bonds is 4. The Kier molecular flexibility index (Phi) is 4.84. The largest absolute Gasteiger partial charge is 0.339 e. The van der Waals surface area contributed by atoms with E-state index in [4.69, 9.17) is 0 Å². The zero-order valence-electron chi connectivity index (χ0n) is 13.2. The Balaban J connectivity index is 1.76. The summed E-state index contributed by atoms with van der Waals surface area (Å²) in [6.07, 6.45) is 1.81. The monoisotopic (exact) mass is 348 g/mol. The van der Waals surface area contributed by atoms with Gasteiger partial charge in [-0.25, -0.2) is 4.39 Å². The van der Waals surface area contributed by atoms with Gasteiger partial charge in [-0.3, -0.25) is 9.59 Å². The van der Waals surface area contributed by atoms with Crippen molar-refractivity contribution >= 4 is 29.0 Å². The van der Waals surface area contributed by atoms with Crippen LogP contribution in [0.15, 0.2) is 24.3 Å². The van der Waals surface area contributed by atoms with Gasteiger partial charge in [0.2, 0.25) is 5.91 Å². The lowest BCUT2D eigenvalue weighted by molar-refractivity contribution is -0.121. The number of benzene rings is 1. The third-order valence-corrected chi connectivity index (χ3v) is 4.75. The van der Waals surface area contributed by atoms with Gasteiger partial charge in [-0.2, -0.15) is 0 Å². The maximum absolute atomic E-state index is 14.0. The van der Waals surface area contributed by atoms with Gasteiger partial charge in [0.1, 0.15) is 16.7 Å².